The van der Waals surface area contributed by atoms with Crippen molar-refractivity contribution in [3.8, 4) is 0 Å². The molecule has 0 bridgehead atoms. The summed E-state index contributed by atoms with van der Waals surface area (Å²) in [6.07, 6.45) is 1.94. The first kappa shape index (κ1) is 17.5. The highest BCUT2D eigenvalue weighted by Crippen LogP contribution is 2.11. The van der Waals surface area contributed by atoms with E-state index in [1.165, 1.54) is 0 Å². The first-order valence-corrected chi connectivity index (χ1v) is 7.84. The first-order valence-electron chi connectivity index (χ1n) is 7.84. The zero-order valence-corrected chi connectivity index (χ0v) is 13.7. The van der Waals surface area contributed by atoms with Crippen molar-refractivity contribution in [3.63, 3.8) is 0 Å². The maximum atomic E-state index is 12.2. The molecule has 0 radical (unpaired) electrons. The van der Waals surface area contributed by atoms with Crippen molar-refractivity contribution < 1.29 is 4.79 Å². The molecule has 1 rings (SSSR count). The van der Waals surface area contributed by atoms with Crippen molar-refractivity contribution in [2.24, 2.45) is 0 Å². The van der Waals surface area contributed by atoms with Crippen LogP contribution in [0.15, 0.2) is 24.3 Å². The van der Waals surface area contributed by atoms with Gasteiger partial charge in [0.2, 0.25) is 5.91 Å². The van der Waals surface area contributed by atoms with Crippen LogP contribution >= 0.6 is 0 Å². The molecule has 4 heteroatoms. The minimum atomic E-state index is 0.0984. The number of amides is 1. The van der Waals surface area contributed by atoms with E-state index in [0.29, 0.717) is 12.6 Å². The molecule has 0 unspecified atom stereocenters. The van der Waals surface area contributed by atoms with Gasteiger partial charge in [-0.25, -0.2) is 0 Å². The van der Waals surface area contributed by atoms with Crippen LogP contribution in [0.1, 0.15) is 46.1 Å². The lowest BCUT2D eigenvalue weighted by Crippen LogP contribution is -2.43. The van der Waals surface area contributed by atoms with Gasteiger partial charge in [0.15, 0.2) is 0 Å². The number of hydrogen-bond donors (Lipinski definition) is 2. The number of nitrogens with two attached hydrogens (primary N) is 1. The van der Waals surface area contributed by atoms with Crippen molar-refractivity contribution in [2.75, 3.05) is 12.3 Å². The molecule has 21 heavy (non-hydrogen) atoms. The van der Waals surface area contributed by atoms with Gasteiger partial charge in [0, 0.05) is 24.3 Å². The van der Waals surface area contributed by atoms with Gasteiger partial charge in [-0.1, -0.05) is 26.0 Å². The maximum absolute atomic E-state index is 12.2. The van der Waals surface area contributed by atoms with Crippen LogP contribution in [0, 0.1) is 0 Å². The SMILES string of the molecule is CCC(CC)NC(=O)CN(Cc1cccc(N)c1)C(C)C. The van der Waals surface area contributed by atoms with Crippen LogP contribution in [-0.2, 0) is 11.3 Å². The summed E-state index contributed by atoms with van der Waals surface area (Å²) in [7, 11) is 0. The van der Waals surface area contributed by atoms with Gasteiger partial charge in [0.1, 0.15) is 0 Å². The Kier molecular flexibility index (Phi) is 7.23. The van der Waals surface area contributed by atoms with E-state index in [1.54, 1.807) is 0 Å². The second-order valence-electron chi connectivity index (χ2n) is 5.82. The minimum Gasteiger partial charge on any atom is -0.399 e. The number of carbonyl (C=O) groups excluding carboxylic acids is 1. The van der Waals surface area contributed by atoms with Crippen LogP contribution < -0.4 is 11.1 Å². The zero-order valence-electron chi connectivity index (χ0n) is 13.7. The molecule has 0 saturated heterocycles. The number of nitrogens with zero attached hydrogens (tertiary/aromatic N) is 1. The quantitative estimate of drug-likeness (QED) is 0.724. The largest absolute Gasteiger partial charge is 0.399 e. The standard InChI is InChI=1S/C17H29N3O/c1-5-16(6-2)19-17(21)12-20(13(3)4)11-14-8-7-9-15(18)10-14/h7-10,13,16H,5-6,11-12,18H2,1-4H3,(H,19,21). The summed E-state index contributed by atoms with van der Waals surface area (Å²) in [4.78, 5) is 14.3. The summed E-state index contributed by atoms with van der Waals surface area (Å²) in [6.45, 7) is 9.57. The smallest absolute Gasteiger partial charge is 0.234 e. The van der Waals surface area contributed by atoms with Gasteiger partial charge in [0.05, 0.1) is 6.54 Å². The molecule has 0 fully saturated rings. The monoisotopic (exact) mass is 291 g/mol. The van der Waals surface area contributed by atoms with Crippen molar-refractivity contribution in [3.05, 3.63) is 29.8 Å². The Hall–Kier alpha value is -1.55. The van der Waals surface area contributed by atoms with Gasteiger partial charge >= 0.3 is 0 Å². The Balaban J connectivity index is 2.63. The van der Waals surface area contributed by atoms with Gasteiger partial charge in [0.25, 0.3) is 0 Å². The molecule has 0 saturated carbocycles. The number of nitrogen functional groups attached to an aromatic ring is 1. The average molecular weight is 291 g/mol. The molecule has 3 N–H and O–H groups in total. The van der Waals surface area contributed by atoms with E-state index in [0.717, 1.165) is 30.6 Å². The predicted molar refractivity (Wildman–Crippen MR) is 88.9 cm³/mol. The predicted octanol–water partition coefficient (Wildman–Crippen LogP) is 2.78. The van der Waals surface area contributed by atoms with E-state index in [2.05, 4.69) is 37.9 Å². The fraction of sp³-hybridized carbons (Fsp3) is 0.588. The van der Waals surface area contributed by atoms with Crippen molar-refractivity contribution in [2.45, 2.75) is 59.2 Å². The summed E-state index contributed by atoms with van der Waals surface area (Å²) >= 11 is 0. The molecule has 0 aliphatic rings. The third-order valence-electron chi connectivity index (χ3n) is 3.76. The van der Waals surface area contributed by atoms with E-state index in [-0.39, 0.29) is 11.9 Å². The lowest BCUT2D eigenvalue weighted by molar-refractivity contribution is -0.123. The molecule has 0 heterocycles. The number of rotatable bonds is 8. The van der Waals surface area contributed by atoms with Gasteiger partial charge in [-0.2, -0.15) is 0 Å². The van der Waals surface area contributed by atoms with Crippen molar-refractivity contribution in [1.29, 1.82) is 0 Å². The molecule has 0 aromatic heterocycles. The minimum absolute atomic E-state index is 0.0984. The average Bonchev–Trinajstić information content (AvgIpc) is 2.44. The summed E-state index contributed by atoms with van der Waals surface area (Å²) in [5, 5.41) is 3.09. The van der Waals surface area contributed by atoms with E-state index in [4.69, 9.17) is 5.73 Å². The number of carbonyl (C=O) groups is 1. The molecule has 1 aromatic rings. The first-order chi connectivity index (χ1) is 9.96. The fourth-order valence-corrected chi connectivity index (χ4v) is 2.30. The highest BCUT2D eigenvalue weighted by atomic mass is 16.2. The van der Waals surface area contributed by atoms with Crippen LogP contribution in [0.3, 0.4) is 0 Å². The Morgan fingerprint density at radius 1 is 1.29 bits per heavy atom. The molecule has 118 valence electrons. The summed E-state index contributed by atoms with van der Waals surface area (Å²) < 4.78 is 0. The number of nitrogens with one attached hydrogen (secondary N) is 1. The maximum Gasteiger partial charge on any atom is 0.234 e. The van der Waals surface area contributed by atoms with Gasteiger partial charge in [-0.05, 0) is 44.4 Å². The topological polar surface area (TPSA) is 58.4 Å². The molecule has 4 nitrogen and oxygen atoms in total. The normalized spacial score (nSPS) is 11.4. The van der Waals surface area contributed by atoms with E-state index < -0.39 is 0 Å². The van der Waals surface area contributed by atoms with E-state index >= 15 is 0 Å². The molecule has 0 spiro atoms. The van der Waals surface area contributed by atoms with E-state index in [1.807, 2.05) is 24.3 Å². The molecule has 1 amide bonds. The van der Waals surface area contributed by atoms with Crippen molar-refractivity contribution in [1.82, 2.24) is 10.2 Å². The lowest BCUT2D eigenvalue weighted by Gasteiger charge is -2.27. The van der Waals surface area contributed by atoms with Crippen LogP contribution in [0.4, 0.5) is 5.69 Å². The van der Waals surface area contributed by atoms with E-state index in [9.17, 15) is 4.79 Å². The molecule has 0 aliphatic carbocycles. The highest BCUT2D eigenvalue weighted by molar-refractivity contribution is 5.78. The molecule has 0 atom stereocenters. The van der Waals surface area contributed by atoms with Crippen LogP contribution in [0.2, 0.25) is 0 Å². The summed E-state index contributed by atoms with van der Waals surface area (Å²) in [5.74, 6) is 0.0984. The van der Waals surface area contributed by atoms with Gasteiger partial charge < -0.3 is 11.1 Å². The fourth-order valence-electron chi connectivity index (χ4n) is 2.30. The summed E-state index contributed by atoms with van der Waals surface area (Å²) in [5.41, 5.74) is 7.72. The number of anilines is 1. The third-order valence-corrected chi connectivity index (χ3v) is 3.76. The molecular weight excluding hydrogens is 262 g/mol. The Morgan fingerprint density at radius 2 is 1.95 bits per heavy atom. The molecule has 0 aliphatic heterocycles. The highest BCUT2D eigenvalue weighted by Gasteiger charge is 2.16. The Labute approximate surface area is 128 Å². The Bertz CT molecular complexity index is 441. The van der Waals surface area contributed by atoms with Crippen LogP contribution in [0.25, 0.3) is 0 Å². The van der Waals surface area contributed by atoms with Crippen LogP contribution in [-0.4, -0.2) is 29.4 Å². The van der Waals surface area contributed by atoms with Crippen molar-refractivity contribution >= 4 is 11.6 Å². The van der Waals surface area contributed by atoms with Crippen LogP contribution in [0.5, 0.6) is 0 Å². The summed E-state index contributed by atoms with van der Waals surface area (Å²) in [6, 6.07) is 8.42. The second-order valence-corrected chi connectivity index (χ2v) is 5.82. The lowest BCUT2D eigenvalue weighted by atomic mass is 10.1. The second kappa shape index (κ2) is 8.67. The third kappa shape index (κ3) is 6.17. The Morgan fingerprint density at radius 3 is 2.48 bits per heavy atom. The number of hydrogen-bond acceptors (Lipinski definition) is 3. The zero-order chi connectivity index (χ0) is 15.8. The van der Waals surface area contributed by atoms with Gasteiger partial charge in [-0.15, -0.1) is 0 Å². The molecule has 1 aromatic carbocycles. The van der Waals surface area contributed by atoms with Gasteiger partial charge in [-0.3, -0.25) is 9.69 Å². The molecular formula is C17H29N3O. The number of benzene rings is 1.